The van der Waals surface area contributed by atoms with Crippen LogP contribution >= 0.6 is 0 Å². The third kappa shape index (κ3) is 6.16. The summed E-state index contributed by atoms with van der Waals surface area (Å²) < 4.78 is 38.3. The highest BCUT2D eigenvalue weighted by molar-refractivity contribution is 7.92. The molecule has 0 heterocycles. The van der Waals surface area contributed by atoms with Gasteiger partial charge in [0.25, 0.3) is 15.9 Å². The van der Waals surface area contributed by atoms with Gasteiger partial charge in [0.1, 0.15) is 11.5 Å². The summed E-state index contributed by atoms with van der Waals surface area (Å²) in [4.78, 5) is 11.9. The Morgan fingerprint density at radius 2 is 1.79 bits per heavy atom. The molecule has 0 spiro atoms. The SMILES string of the molecule is COc1ccc(NS(=O)(=O)c2ccc(OCC(=O)NCC(C)C)c(C)c2)cc1. The number of carbonyl (C=O) groups is 1. The zero-order valence-electron chi connectivity index (χ0n) is 16.5. The lowest BCUT2D eigenvalue weighted by Crippen LogP contribution is -2.31. The maximum Gasteiger partial charge on any atom is 0.261 e. The lowest BCUT2D eigenvalue weighted by molar-refractivity contribution is -0.123. The van der Waals surface area contributed by atoms with E-state index in [-0.39, 0.29) is 17.4 Å². The maximum atomic E-state index is 12.6. The van der Waals surface area contributed by atoms with Crippen LogP contribution in [0.25, 0.3) is 0 Å². The number of carbonyl (C=O) groups excluding carboxylic acids is 1. The summed E-state index contributed by atoms with van der Waals surface area (Å²) in [6, 6.07) is 11.1. The van der Waals surface area contributed by atoms with E-state index in [0.717, 1.165) is 0 Å². The number of nitrogens with one attached hydrogen (secondary N) is 2. The van der Waals surface area contributed by atoms with E-state index in [4.69, 9.17) is 9.47 Å². The molecule has 0 saturated carbocycles. The van der Waals surface area contributed by atoms with Gasteiger partial charge < -0.3 is 14.8 Å². The second-order valence-electron chi connectivity index (χ2n) is 6.75. The van der Waals surface area contributed by atoms with E-state index in [1.807, 2.05) is 13.8 Å². The molecule has 2 aromatic carbocycles. The van der Waals surface area contributed by atoms with Crippen LogP contribution in [-0.4, -0.2) is 34.6 Å². The number of methoxy groups -OCH3 is 1. The van der Waals surface area contributed by atoms with Gasteiger partial charge in [0.2, 0.25) is 0 Å². The van der Waals surface area contributed by atoms with E-state index < -0.39 is 10.0 Å². The van der Waals surface area contributed by atoms with Gasteiger partial charge in [-0.3, -0.25) is 9.52 Å². The first-order valence-corrected chi connectivity index (χ1v) is 10.4. The van der Waals surface area contributed by atoms with Gasteiger partial charge in [-0.05, 0) is 60.9 Å². The van der Waals surface area contributed by atoms with Crippen LogP contribution in [-0.2, 0) is 14.8 Å². The van der Waals surface area contributed by atoms with Crippen LogP contribution in [0, 0.1) is 12.8 Å². The standard InChI is InChI=1S/C20H26N2O5S/c1-14(2)12-21-20(23)13-27-19-10-9-18(11-15(19)3)28(24,25)22-16-5-7-17(26-4)8-6-16/h5-11,14,22H,12-13H2,1-4H3,(H,21,23). The second-order valence-corrected chi connectivity index (χ2v) is 8.43. The molecule has 0 saturated heterocycles. The molecule has 0 bridgehead atoms. The minimum absolute atomic E-state index is 0.109. The van der Waals surface area contributed by atoms with E-state index in [1.165, 1.54) is 12.1 Å². The monoisotopic (exact) mass is 406 g/mol. The number of rotatable bonds is 9. The smallest absolute Gasteiger partial charge is 0.261 e. The molecule has 0 aliphatic carbocycles. The molecular weight excluding hydrogens is 380 g/mol. The number of hydrogen-bond donors (Lipinski definition) is 2. The molecule has 0 aliphatic heterocycles. The van der Waals surface area contributed by atoms with Crippen LogP contribution in [0.2, 0.25) is 0 Å². The molecule has 0 aromatic heterocycles. The van der Waals surface area contributed by atoms with E-state index in [9.17, 15) is 13.2 Å². The van der Waals surface area contributed by atoms with Gasteiger partial charge in [0, 0.05) is 12.2 Å². The largest absolute Gasteiger partial charge is 0.497 e. The number of aryl methyl sites for hydroxylation is 1. The van der Waals surface area contributed by atoms with Gasteiger partial charge >= 0.3 is 0 Å². The Labute approximate surface area is 166 Å². The Morgan fingerprint density at radius 3 is 2.36 bits per heavy atom. The molecule has 152 valence electrons. The summed E-state index contributed by atoms with van der Waals surface area (Å²) in [6.07, 6.45) is 0. The highest BCUT2D eigenvalue weighted by atomic mass is 32.2. The highest BCUT2D eigenvalue weighted by Gasteiger charge is 2.16. The average molecular weight is 407 g/mol. The summed E-state index contributed by atoms with van der Waals surface area (Å²) in [7, 11) is -2.21. The number of hydrogen-bond acceptors (Lipinski definition) is 5. The zero-order valence-corrected chi connectivity index (χ0v) is 17.3. The molecule has 7 nitrogen and oxygen atoms in total. The molecule has 0 unspecified atom stereocenters. The van der Waals surface area contributed by atoms with Gasteiger partial charge in [-0.15, -0.1) is 0 Å². The Kier molecular flexibility index (Phi) is 7.28. The molecule has 0 aliphatic rings. The van der Waals surface area contributed by atoms with Crippen molar-refractivity contribution in [2.24, 2.45) is 5.92 Å². The Hall–Kier alpha value is -2.74. The topological polar surface area (TPSA) is 93.7 Å². The second kappa shape index (κ2) is 9.45. The van der Waals surface area contributed by atoms with Crippen molar-refractivity contribution in [2.75, 3.05) is 25.0 Å². The van der Waals surface area contributed by atoms with E-state index in [0.29, 0.717) is 35.2 Å². The van der Waals surface area contributed by atoms with Crippen molar-refractivity contribution < 1.29 is 22.7 Å². The first kappa shape index (κ1) is 21.6. The highest BCUT2D eigenvalue weighted by Crippen LogP contribution is 2.24. The zero-order chi connectivity index (χ0) is 20.7. The van der Waals surface area contributed by atoms with Gasteiger partial charge in [0.15, 0.2) is 6.61 Å². The predicted molar refractivity (Wildman–Crippen MR) is 108 cm³/mol. The van der Waals surface area contributed by atoms with Crippen molar-refractivity contribution >= 4 is 21.6 Å². The predicted octanol–water partition coefficient (Wildman–Crippen LogP) is 2.96. The number of anilines is 1. The third-order valence-electron chi connectivity index (χ3n) is 3.87. The Bertz CT molecular complexity index is 909. The van der Waals surface area contributed by atoms with E-state index in [2.05, 4.69) is 10.0 Å². The summed E-state index contributed by atoms with van der Waals surface area (Å²) in [5.74, 6) is 1.24. The fraction of sp³-hybridized carbons (Fsp3) is 0.350. The summed E-state index contributed by atoms with van der Waals surface area (Å²) in [5.41, 5.74) is 1.05. The van der Waals surface area contributed by atoms with Crippen molar-refractivity contribution in [3.05, 3.63) is 48.0 Å². The summed E-state index contributed by atoms with van der Waals surface area (Å²) in [5, 5.41) is 2.76. The van der Waals surface area contributed by atoms with Crippen LogP contribution in [0.3, 0.4) is 0 Å². The van der Waals surface area contributed by atoms with Crippen molar-refractivity contribution in [1.29, 1.82) is 0 Å². The van der Waals surface area contributed by atoms with Gasteiger partial charge in [0.05, 0.1) is 12.0 Å². The third-order valence-corrected chi connectivity index (χ3v) is 5.24. The molecule has 28 heavy (non-hydrogen) atoms. The van der Waals surface area contributed by atoms with Crippen molar-refractivity contribution in [1.82, 2.24) is 5.32 Å². The van der Waals surface area contributed by atoms with Crippen molar-refractivity contribution in [3.8, 4) is 11.5 Å². The van der Waals surface area contributed by atoms with Crippen LogP contribution in [0.5, 0.6) is 11.5 Å². The first-order valence-electron chi connectivity index (χ1n) is 8.88. The molecule has 2 aromatic rings. The van der Waals surface area contributed by atoms with Gasteiger partial charge in [-0.1, -0.05) is 13.8 Å². The molecule has 0 atom stereocenters. The van der Waals surface area contributed by atoms with E-state index in [1.54, 1.807) is 44.4 Å². The average Bonchev–Trinajstić information content (AvgIpc) is 2.65. The molecule has 0 fully saturated rings. The van der Waals surface area contributed by atoms with Crippen LogP contribution < -0.4 is 19.5 Å². The number of benzene rings is 2. The summed E-state index contributed by atoms with van der Waals surface area (Å²) >= 11 is 0. The lowest BCUT2D eigenvalue weighted by Gasteiger charge is -2.13. The fourth-order valence-corrected chi connectivity index (χ4v) is 3.48. The van der Waals surface area contributed by atoms with Crippen LogP contribution in [0.4, 0.5) is 5.69 Å². The normalized spacial score (nSPS) is 11.2. The van der Waals surface area contributed by atoms with Crippen LogP contribution in [0.1, 0.15) is 19.4 Å². The van der Waals surface area contributed by atoms with Crippen molar-refractivity contribution in [3.63, 3.8) is 0 Å². The minimum Gasteiger partial charge on any atom is -0.497 e. The Morgan fingerprint density at radius 1 is 1.11 bits per heavy atom. The summed E-state index contributed by atoms with van der Waals surface area (Å²) in [6.45, 7) is 6.20. The quantitative estimate of drug-likeness (QED) is 0.668. The molecule has 2 N–H and O–H groups in total. The lowest BCUT2D eigenvalue weighted by atomic mass is 10.2. The molecule has 8 heteroatoms. The minimum atomic E-state index is -3.75. The Balaban J connectivity index is 2.04. The first-order chi connectivity index (χ1) is 13.2. The number of ether oxygens (including phenoxy) is 2. The van der Waals surface area contributed by atoms with Crippen molar-refractivity contribution in [2.45, 2.75) is 25.7 Å². The van der Waals surface area contributed by atoms with Gasteiger partial charge in [-0.2, -0.15) is 0 Å². The number of amides is 1. The molecule has 0 radical (unpaired) electrons. The van der Waals surface area contributed by atoms with Gasteiger partial charge in [-0.25, -0.2) is 8.42 Å². The fourth-order valence-electron chi connectivity index (χ4n) is 2.34. The molecule has 1 amide bonds. The number of sulfonamides is 1. The molecule has 2 rings (SSSR count). The maximum absolute atomic E-state index is 12.6. The van der Waals surface area contributed by atoms with E-state index >= 15 is 0 Å². The molecular formula is C20H26N2O5S. The van der Waals surface area contributed by atoms with Crippen LogP contribution in [0.15, 0.2) is 47.4 Å².